The van der Waals surface area contributed by atoms with Crippen LogP contribution in [0.5, 0.6) is 0 Å². The van der Waals surface area contributed by atoms with Crippen LogP contribution in [-0.4, -0.2) is 33.6 Å². The number of fused-ring (bicyclic) bond motifs is 2. The lowest BCUT2D eigenvalue weighted by atomic mass is 9.75. The number of benzene rings is 1. The molecule has 7 heteroatoms. The molecule has 2 bridgehead atoms. The van der Waals surface area contributed by atoms with Gasteiger partial charge in [-0.1, -0.05) is 18.7 Å². The van der Waals surface area contributed by atoms with Crippen LogP contribution in [0.1, 0.15) is 62.0 Å². The summed E-state index contributed by atoms with van der Waals surface area (Å²) < 4.78 is 0. The van der Waals surface area contributed by atoms with Gasteiger partial charge in [-0.15, -0.1) is 4.98 Å². The SMILES string of the molecule is [C-]#[N+]c1ncc(N2C(=O)C3(CCC3)N(c3ccc(C4CC5CCC(C4)N5)cc3)C2=S)cc1C. The van der Waals surface area contributed by atoms with Crippen LogP contribution in [0.4, 0.5) is 17.2 Å². The second kappa shape index (κ2) is 7.61. The fourth-order valence-electron chi connectivity index (χ4n) is 6.23. The highest BCUT2D eigenvalue weighted by Crippen LogP contribution is 2.48. The Morgan fingerprint density at radius 3 is 2.42 bits per heavy atom. The maximum atomic E-state index is 13.7. The summed E-state index contributed by atoms with van der Waals surface area (Å²) in [5.41, 5.74) is 3.17. The first-order valence-electron chi connectivity index (χ1n) is 11.9. The highest BCUT2D eigenvalue weighted by Gasteiger charge is 2.59. The average molecular weight is 458 g/mol. The van der Waals surface area contributed by atoms with Crippen molar-refractivity contribution < 1.29 is 4.79 Å². The van der Waals surface area contributed by atoms with Gasteiger partial charge in [-0.25, -0.2) is 0 Å². The molecule has 1 aromatic heterocycles. The Balaban J connectivity index is 1.31. The first-order valence-corrected chi connectivity index (χ1v) is 12.3. The Hall–Kier alpha value is -2.82. The maximum Gasteiger partial charge on any atom is 0.272 e. The highest BCUT2D eigenvalue weighted by atomic mass is 32.1. The summed E-state index contributed by atoms with van der Waals surface area (Å²) in [5.74, 6) is 0.983. The lowest BCUT2D eigenvalue weighted by Gasteiger charge is -2.43. The van der Waals surface area contributed by atoms with Gasteiger partial charge in [0.2, 0.25) is 0 Å². The van der Waals surface area contributed by atoms with Crippen LogP contribution in [0, 0.1) is 13.5 Å². The van der Waals surface area contributed by atoms with Gasteiger partial charge in [0.1, 0.15) is 11.7 Å². The number of thiocarbonyl (C=S) groups is 1. The van der Waals surface area contributed by atoms with E-state index in [0.717, 1.165) is 30.5 Å². The van der Waals surface area contributed by atoms with E-state index in [9.17, 15) is 4.79 Å². The fourth-order valence-corrected chi connectivity index (χ4v) is 6.69. The predicted octanol–water partition coefficient (Wildman–Crippen LogP) is 5.00. The Morgan fingerprint density at radius 2 is 1.85 bits per heavy atom. The minimum atomic E-state index is -0.598. The number of hydrogen-bond donors (Lipinski definition) is 1. The lowest BCUT2D eigenvalue weighted by Crippen LogP contribution is -2.55. The zero-order valence-electron chi connectivity index (χ0n) is 18.8. The molecule has 1 N–H and O–H groups in total. The third-order valence-electron chi connectivity index (χ3n) is 8.09. The standard InChI is InChI=1S/C26H27N5OS/c1-16-12-22(15-28-23(16)27-2)30-24(32)26(10-3-11-26)31(25(30)33)21-8-4-17(5-9-21)18-13-19-6-7-20(14-18)29-19/h4-5,8-9,12,15,18-20,29H,3,6-7,10-11,13-14H2,1H3. The van der Waals surface area contributed by atoms with Crippen molar-refractivity contribution >= 4 is 40.4 Å². The summed E-state index contributed by atoms with van der Waals surface area (Å²) >= 11 is 5.89. The monoisotopic (exact) mass is 457 g/mol. The number of rotatable bonds is 3. The molecule has 4 heterocycles. The molecule has 3 saturated heterocycles. The summed E-state index contributed by atoms with van der Waals surface area (Å²) in [7, 11) is 0. The van der Waals surface area contributed by atoms with Crippen LogP contribution in [0.3, 0.4) is 0 Å². The molecule has 168 valence electrons. The number of carbonyl (C=O) groups is 1. The van der Waals surface area contributed by atoms with Crippen LogP contribution in [0.2, 0.25) is 0 Å². The number of aromatic nitrogens is 1. The Bertz CT molecular complexity index is 1170. The predicted molar refractivity (Wildman–Crippen MR) is 133 cm³/mol. The normalized spacial score (nSPS) is 27.7. The van der Waals surface area contributed by atoms with Crippen molar-refractivity contribution in [3.8, 4) is 0 Å². The van der Waals surface area contributed by atoms with E-state index >= 15 is 0 Å². The third kappa shape index (κ3) is 3.12. The smallest absolute Gasteiger partial charge is 0.272 e. The quantitative estimate of drug-likeness (QED) is 0.519. The zero-order chi connectivity index (χ0) is 22.7. The van der Waals surface area contributed by atoms with Gasteiger partial charge in [0, 0.05) is 17.8 Å². The van der Waals surface area contributed by atoms with Gasteiger partial charge in [0.25, 0.3) is 11.7 Å². The van der Waals surface area contributed by atoms with Gasteiger partial charge in [-0.05, 0) is 99.3 Å². The van der Waals surface area contributed by atoms with Gasteiger partial charge in [-0.2, -0.15) is 0 Å². The number of hydrogen-bond acceptors (Lipinski definition) is 4. The lowest BCUT2D eigenvalue weighted by molar-refractivity contribution is -0.123. The summed E-state index contributed by atoms with van der Waals surface area (Å²) in [6, 6.07) is 11.9. The maximum absolute atomic E-state index is 13.7. The molecule has 1 aliphatic carbocycles. The van der Waals surface area contributed by atoms with Crippen molar-refractivity contribution in [3.63, 3.8) is 0 Å². The van der Waals surface area contributed by atoms with Gasteiger partial charge in [-0.3, -0.25) is 9.69 Å². The minimum Gasteiger partial charge on any atom is -0.360 e. The molecule has 0 radical (unpaired) electrons. The highest BCUT2D eigenvalue weighted by molar-refractivity contribution is 7.81. The first kappa shape index (κ1) is 20.8. The van der Waals surface area contributed by atoms with Crippen LogP contribution >= 0.6 is 12.2 Å². The molecule has 1 aromatic carbocycles. The molecule has 2 atom stereocenters. The van der Waals surface area contributed by atoms with Crippen LogP contribution in [0.25, 0.3) is 4.85 Å². The molecule has 6 rings (SSSR count). The van der Waals surface area contributed by atoms with Gasteiger partial charge in [0.15, 0.2) is 5.11 Å². The Kier molecular flexibility index (Phi) is 4.79. The number of pyridine rings is 1. The molecule has 2 unspecified atom stereocenters. The van der Waals surface area contributed by atoms with Crippen molar-refractivity contribution in [2.45, 2.75) is 75.4 Å². The van der Waals surface area contributed by atoms with Crippen molar-refractivity contribution in [2.75, 3.05) is 9.80 Å². The topological polar surface area (TPSA) is 52.8 Å². The number of nitrogens with zero attached hydrogens (tertiary/aromatic N) is 4. The van der Waals surface area contributed by atoms with Gasteiger partial charge in [0.05, 0.1) is 5.69 Å². The molecule has 6 nitrogen and oxygen atoms in total. The number of nitrogens with one attached hydrogen (secondary N) is 1. The van der Waals surface area contributed by atoms with E-state index in [1.54, 1.807) is 11.1 Å². The molecule has 1 saturated carbocycles. The van der Waals surface area contributed by atoms with E-state index in [-0.39, 0.29) is 5.91 Å². The molecule has 4 fully saturated rings. The largest absolute Gasteiger partial charge is 0.360 e. The summed E-state index contributed by atoms with van der Waals surface area (Å²) in [6.07, 6.45) is 9.22. The number of aryl methyl sites for hydroxylation is 1. The average Bonchev–Trinajstić information content (AvgIpc) is 3.25. The van der Waals surface area contributed by atoms with Crippen LogP contribution in [0.15, 0.2) is 36.5 Å². The van der Waals surface area contributed by atoms with Gasteiger partial charge < -0.3 is 15.1 Å². The number of anilines is 2. The fraction of sp³-hybridized carbons (Fsp3) is 0.462. The summed E-state index contributed by atoms with van der Waals surface area (Å²) in [5, 5.41) is 4.23. The van der Waals surface area contributed by atoms with Crippen molar-refractivity contribution in [1.82, 2.24) is 10.3 Å². The summed E-state index contributed by atoms with van der Waals surface area (Å²) in [4.78, 5) is 25.1. The molecule has 1 amide bonds. The van der Waals surface area contributed by atoms with Crippen molar-refractivity contribution in [3.05, 3.63) is 59.1 Å². The van der Waals surface area contributed by atoms with E-state index in [1.165, 1.54) is 31.2 Å². The van der Waals surface area contributed by atoms with Crippen LogP contribution < -0.4 is 15.1 Å². The molecule has 2 aromatic rings. The van der Waals surface area contributed by atoms with E-state index in [0.29, 0.717) is 34.6 Å². The summed E-state index contributed by atoms with van der Waals surface area (Å²) in [6.45, 7) is 9.09. The first-order chi connectivity index (χ1) is 16.0. The third-order valence-corrected chi connectivity index (χ3v) is 8.45. The number of carbonyl (C=O) groups excluding carboxylic acids is 1. The Morgan fingerprint density at radius 1 is 1.15 bits per heavy atom. The second-order valence-electron chi connectivity index (χ2n) is 9.99. The Labute approximate surface area is 199 Å². The van der Waals surface area contributed by atoms with E-state index in [1.807, 2.05) is 13.0 Å². The van der Waals surface area contributed by atoms with Crippen LogP contribution in [-0.2, 0) is 4.79 Å². The minimum absolute atomic E-state index is 0.0227. The number of amides is 1. The van der Waals surface area contributed by atoms with Gasteiger partial charge >= 0.3 is 0 Å². The molecule has 4 aliphatic rings. The van der Waals surface area contributed by atoms with E-state index in [4.69, 9.17) is 18.8 Å². The molecule has 3 aliphatic heterocycles. The molecule has 1 spiro atoms. The molecular formula is C26H27N5OS. The van der Waals surface area contributed by atoms with E-state index < -0.39 is 5.54 Å². The second-order valence-corrected chi connectivity index (χ2v) is 10.4. The molecule has 33 heavy (non-hydrogen) atoms. The van der Waals surface area contributed by atoms with Crippen molar-refractivity contribution in [1.29, 1.82) is 0 Å². The number of piperidine rings is 1. The van der Waals surface area contributed by atoms with Crippen molar-refractivity contribution in [2.24, 2.45) is 0 Å². The molecular weight excluding hydrogens is 430 g/mol. The zero-order valence-corrected chi connectivity index (χ0v) is 19.6. The van der Waals surface area contributed by atoms with E-state index in [2.05, 4.69) is 44.3 Å².